The van der Waals surface area contributed by atoms with Gasteiger partial charge in [0.05, 0.1) is 23.3 Å². The lowest BCUT2D eigenvalue weighted by Gasteiger charge is -2.18. The zero-order valence-corrected chi connectivity index (χ0v) is 21.8. The second kappa shape index (κ2) is 9.19. The van der Waals surface area contributed by atoms with E-state index in [4.69, 9.17) is 15.7 Å². The van der Waals surface area contributed by atoms with Crippen molar-refractivity contribution in [2.75, 3.05) is 0 Å². The maximum atomic E-state index is 16.3. The number of benzene rings is 1. The fourth-order valence-corrected chi connectivity index (χ4v) is 5.32. The van der Waals surface area contributed by atoms with Crippen LogP contribution in [0.4, 0.5) is 8.78 Å². The van der Waals surface area contributed by atoms with E-state index in [9.17, 15) is 4.79 Å². The van der Waals surface area contributed by atoms with Crippen LogP contribution < -0.4 is 5.56 Å². The summed E-state index contributed by atoms with van der Waals surface area (Å²) in [6, 6.07) is 6.20. The fourth-order valence-electron chi connectivity index (χ4n) is 5.04. The number of hydrogen-bond donors (Lipinski definition) is 0. The van der Waals surface area contributed by atoms with Crippen LogP contribution >= 0.6 is 11.6 Å². The van der Waals surface area contributed by atoms with Crippen molar-refractivity contribution < 1.29 is 12.9 Å². The molecule has 1 aliphatic rings. The SMILES string of the molecule is [2H]C([2H])([2H])n1ncc([C@H]2C[C@@H]2c2cc(C)n(-c3c(C)cnc(-c4cccc(-n5cnnc5C)c4F)c3F)c(=O)c2Cl)n1. The molecule has 0 aliphatic heterocycles. The van der Waals surface area contributed by atoms with Gasteiger partial charge in [-0.25, -0.2) is 8.78 Å². The Balaban J connectivity index is 1.41. The maximum absolute atomic E-state index is 16.3. The van der Waals surface area contributed by atoms with E-state index in [0.717, 1.165) is 4.57 Å². The third-order valence-corrected chi connectivity index (χ3v) is 7.43. The van der Waals surface area contributed by atoms with Gasteiger partial charge in [-0.3, -0.25) is 18.9 Å². The molecule has 5 aromatic rings. The smallest absolute Gasteiger partial charge is 0.274 e. The lowest BCUT2D eigenvalue weighted by atomic mass is 10.0. The van der Waals surface area contributed by atoms with Gasteiger partial charge in [0.15, 0.2) is 11.6 Å². The molecular formula is C27H23ClF2N8O. The average Bonchev–Trinajstić information content (AvgIpc) is 3.32. The van der Waals surface area contributed by atoms with Gasteiger partial charge in [-0.2, -0.15) is 15.0 Å². The third kappa shape index (κ3) is 4.04. The number of pyridine rings is 2. The van der Waals surface area contributed by atoms with E-state index in [2.05, 4.69) is 25.4 Å². The second-order valence-corrected chi connectivity index (χ2v) is 9.92. The Morgan fingerprint density at radius 3 is 2.67 bits per heavy atom. The summed E-state index contributed by atoms with van der Waals surface area (Å²) in [6.07, 6.45) is 4.72. The Labute approximate surface area is 230 Å². The minimum absolute atomic E-state index is 0.0887. The molecule has 0 bridgehead atoms. The predicted octanol–water partition coefficient (Wildman–Crippen LogP) is 4.74. The molecular weight excluding hydrogens is 526 g/mol. The molecule has 9 nitrogen and oxygen atoms in total. The van der Waals surface area contributed by atoms with E-state index in [1.54, 1.807) is 32.9 Å². The van der Waals surface area contributed by atoms with Crippen LogP contribution in [0.2, 0.25) is 5.02 Å². The van der Waals surface area contributed by atoms with Crippen molar-refractivity contribution in [3.8, 4) is 22.6 Å². The normalized spacial score (nSPS) is 18.1. The summed E-state index contributed by atoms with van der Waals surface area (Å²) in [5, 5.41) is 15.5. The van der Waals surface area contributed by atoms with Crippen molar-refractivity contribution in [3.05, 3.63) is 98.3 Å². The van der Waals surface area contributed by atoms with Crippen LogP contribution in [0, 0.1) is 32.4 Å². The van der Waals surface area contributed by atoms with Crippen LogP contribution in [0.3, 0.4) is 0 Å². The quantitative estimate of drug-likeness (QED) is 0.313. The van der Waals surface area contributed by atoms with Crippen molar-refractivity contribution in [1.29, 1.82) is 0 Å². The summed E-state index contributed by atoms with van der Waals surface area (Å²) >= 11 is 6.59. The molecule has 2 atom stereocenters. The summed E-state index contributed by atoms with van der Waals surface area (Å²) in [5.41, 5.74) is 0.820. The molecule has 4 heterocycles. The Morgan fingerprint density at radius 2 is 1.95 bits per heavy atom. The first-order valence-electron chi connectivity index (χ1n) is 13.5. The fraction of sp³-hybridized carbons (Fsp3) is 0.259. The van der Waals surface area contributed by atoms with Crippen LogP contribution in [-0.2, 0) is 6.98 Å². The van der Waals surface area contributed by atoms with E-state index in [1.807, 2.05) is 0 Å². The molecule has 0 amide bonds. The highest BCUT2D eigenvalue weighted by molar-refractivity contribution is 6.31. The third-order valence-electron chi connectivity index (χ3n) is 7.05. The van der Waals surface area contributed by atoms with E-state index >= 15 is 8.78 Å². The largest absolute Gasteiger partial charge is 0.283 e. The Morgan fingerprint density at radius 1 is 1.13 bits per heavy atom. The van der Waals surface area contributed by atoms with Gasteiger partial charge in [0.25, 0.3) is 5.56 Å². The first kappa shape index (κ1) is 21.7. The van der Waals surface area contributed by atoms with Gasteiger partial charge in [-0.15, -0.1) is 10.2 Å². The Bertz CT molecular complexity index is 1930. The van der Waals surface area contributed by atoms with Gasteiger partial charge >= 0.3 is 0 Å². The highest BCUT2D eigenvalue weighted by Crippen LogP contribution is 2.55. The monoisotopic (exact) mass is 551 g/mol. The van der Waals surface area contributed by atoms with Crippen LogP contribution in [0.5, 0.6) is 0 Å². The molecule has 4 aromatic heterocycles. The highest BCUT2D eigenvalue weighted by Gasteiger charge is 2.43. The standard InChI is InChI=1S/C27H23ClF2N8O/c1-13-10-31-25(16-6-5-7-21(23(16)29)37-12-32-34-15(37)3)24(30)26(13)38-14(2)8-19(22(28)27(38)39)17-9-18(17)20-11-33-36(4)35-20/h5-8,10-12,17-18H,9H2,1-4H3/t17-,18-/m0/s1/i4D3. The summed E-state index contributed by atoms with van der Waals surface area (Å²) in [5.74, 6) is -1.51. The zero-order chi connectivity index (χ0) is 30.1. The molecule has 1 aromatic carbocycles. The molecule has 0 radical (unpaired) electrons. The molecule has 1 fully saturated rings. The van der Waals surface area contributed by atoms with Crippen LogP contribution in [0.1, 0.15) is 50.7 Å². The maximum Gasteiger partial charge on any atom is 0.274 e. The second-order valence-electron chi connectivity index (χ2n) is 9.54. The number of rotatable bonds is 5. The Kier molecular flexibility index (Phi) is 5.11. The van der Waals surface area contributed by atoms with Crippen LogP contribution in [0.15, 0.2) is 47.8 Å². The van der Waals surface area contributed by atoms with Crippen molar-refractivity contribution in [3.63, 3.8) is 0 Å². The predicted molar refractivity (Wildman–Crippen MR) is 140 cm³/mol. The Hall–Kier alpha value is -4.25. The molecule has 6 rings (SSSR count). The van der Waals surface area contributed by atoms with Crippen molar-refractivity contribution in [1.82, 2.24) is 39.3 Å². The lowest BCUT2D eigenvalue weighted by Crippen LogP contribution is -2.24. The first-order chi connectivity index (χ1) is 19.9. The minimum Gasteiger partial charge on any atom is -0.283 e. The average molecular weight is 552 g/mol. The van der Waals surface area contributed by atoms with Gasteiger partial charge in [0, 0.05) is 34.5 Å². The van der Waals surface area contributed by atoms with Crippen LogP contribution in [-0.4, -0.2) is 39.3 Å². The van der Waals surface area contributed by atoms with Crippen molar-refractivity contribution >= 4 is 11.6 Å². The van der Waals surface area contributed by atoms with Gasteiger partial charge in [0.1, 0.15) is 22.9 Å². The zero-order valence-electron chi connectivity index (χ0n) is 24.0. The molecule has 198 valence electrons. The summed E-state index contributed by atoms with van der Waals surface area (Å²) in [4.78, 5) is 18.5. The van der Waals surface area contributed by atoms with E-state index in [1.165, 1.54) is 35.4 Å². The molecule has 0 unspecified atom stereocenters. The minimum atomic E-state index is -2.50. The molecule has 0 saturated heterocycles. The molecule has 12 heteroatoms. The number of hydrogen-bond acceptors (Lipinski definition) is 6. The number of aromatic nitrogens is 8. The molecule has 1 saturated carbocycles. The van der Waals surface area contributed by atoms with Gasteiger partial charge in [-0.1, -0.05) is 17.7 Å². The van der Waals surface area contributed by atoms with E-state index in [0.29, 0.717) is 39.6 Å². The molecule has 1 aliphatic carbocycles. The van der Waals surface area contributed by atoms with Crippen molar-refractivity contribution in [2.45, 2.75) is 39.0 Å². The van der Waals surface area contributed by atoms with Gasteiger partial charge < -0.3 is 0 Å². The molecule has 0 N–H and O–H groups in total. The summed E-state index contributed by atoms with van der Waals surface area (Å²) in [7, 11) is 0. The number of halogens is 3. The van der Waals surface area contributed by atoms with Gasteiger partial charge in [0.2, 0.25) is 0 Å². The summed E-state index contributed by atoms with van der Waals surface area (Å²) in [6.45, 7) is 2.41. The lowest BCUT2D eigenvalue weighted by molar-refractivity contribution is 0.598. The highest BCUT2D eigenvalue weighted by atomic mass is 35.5. The van der Waals surface area contributed by atoms with E-state index < -0.39 is 24.2 Å². The number of aryl methyl sites for hydroxylation is 4. The first-order valence-corrected chi connectivity index (χ1v) is 12.4. The van der Waals surface area contributed by atoms with Crippen LogP contribution in [0.25, 0.3) is 22.6 Å². The van der Waals surface area contributed by atoms with E-state index in [-0.39, 0.29) is 39.5 Å². The molecule has 39 heavy (non-hydrogen) atoms. The summed E-state index contributed by atoms with van der Waals surface area (Å²) < 4.78 is 57.0. The van der Waals surface area contributed by atoms with Gasteiger partial charge in [-0.05, 0) is 62.4 Å². The molecule has 0 spiro atoms. The topological polar surface area (TPSA) is 96.3 Å². The van der Waals surface area contributed by atoms with Crippen molar-refractivity contribution in [2.24, 2.45) is 6.98 Å². The number of nitrogens with zero attached hydrogens (tertiary/aromatic N) is 8.